The summed E-state index contributed by atoms with van der Waals surface area (Å²) < 4.78 is 4.76. The minimum absolute atomic E-state index is 0.0782. The van der Waals surface area contributed by atoms with E-state index >= 15 is 0 Å². The van der Waals surface area contributed by atoms with E-state index in [4.69, 9.17) is 4.74 Å². The highest BCUT2D eigenvalue weighted by molar-refractivity contribution is 6.00. The van der Waals surface area contributed by atoms with Gasteiger partial charge in [0.25, 0.3) is 0 Å². The molecule has 1 aliphatic heterocycles. The van der Waals surface area contributed by atoms with E-state index in [2.05, 4.69) is 12.2 Å². The Kier molecular flexibility index (Phi) is 5.73. The molecule has 6 nitrogen and oxygen atoms in total. The monoisotopic (exact) mass is 318 g/mol. The number of amides is 2. The van der Waals surface area contributed by atoms with E-state index in [1.165, 1.54) is 5.56 Å². The summed E-state index contributed by atoms with van der Waals surface area (Å²) in [5, 5.41) is 2.53. The maximum atomic E-state index is 12.1. The topological polar surface area (TPSA) is 75.7 Å². The first-order valence-electron chi connectivity index (χ1n) is 7.87. The predicted molar refractivity (Wildman–Crippen MR) is 85.9 cm³/mol. The molecule has 2 rings (SSSR count). The van der Waals surface area contributed by atoms with Crippen LogP contribution in [0.15, 0.2) is 24.3 Å². The van der Waals surface area contributed by atoms with Gasteiger partial charge in [-0.25, -0.2) is 0 Å². The molecule has 2 amide bonds. The van der Waals surface area contributed by atoms with E-state index in [9.17, 15) is 14.4 Å². The van der Waals surface area contributed by atoms with Gasteiger partial charge in [0.2, 0.25) is 11.8 Å². The Labute approximate surface area is 135 Å². The number of carbonyl (C=O) groups is 3. The highest BCUT2D eigenvalue weighted by Crippen LogP contribution is 2.25. The van der Waals surface area contributed by atoms with Gasteiger partial charge in [-0.3, -0.25) is 14.4 Å². The fraction of sp³-hybridized carbons (Fsp3) is 0.471. The van der Waals surface area contributed by atoms with E-state index in [1.54, 1.807) is 11.8 Å². The average molecular weight is 318 g/mol. The summed E-state index contributed by atoms with van der Waals surface area (Å²) in [5.74, 6) is -1.29. The van der Waals surface area contributed by atoms with E-state index in [0.717, 1.165) is 12.1 Å². The molecule has 0 spiro atoms. The van der Waals surface area contributed by atoms with Crippen molar-refractivity contribution in [2.45, 2.75) is 26.7 Å². The molecule has 0 aromatic heterocycles. The van der Waals surface area contributed by atoms with Gasteiger partial charge in [0.05, 0.1) is 12.5 Å². The second-order valence-electron chi connectivity index (χ2n) is 5.45. The van der Waals surface area contributed by atoms with Gasteiger partial charge in [-0.05, 0) is 31.0 Å². The smallest absolute Gasteiger partial charge is 0.325 e. The number of esters is 1. The van der Waals surface area contributed by atoms with Gasteiger partial charge in [0.1, 0.15) is 6.54 Å². The van der Waals surface area contributed by atoms with Crippen LogP contribution < -0.4 is 10.2 Å². The van der Waals surface area contributed by atoms with E-state index < -0.39 is 11.9 Å². The van der Waals surface area contributed by atoms with Crippen LogP contribution in [-0.4, -0.2) is 37.5 Å². The van der Waals surface area contributed by atoms with Gasteiger partial charge in [0.15, 0.2) is 0 Å². The molecule has 1 fully saturated rings. The minimum Gasteiger partial charge on any atom is -0.465 e. The molecule has 1 saturated heterocycles. The van der Waals surface area contributed by atoms with Crippen LogP contribution in [0.3, 0.4) is 0 Å². The second kappa shape index (κ2) is 7.76. The number of carbonyl (C=O) groups excluding carboxylic acids is 3. The third-order valence-electron chi connectivity index (χ3n) is 3.86. The molecule has 124 valence electrons. The van der Waals surface area contributed by atoms with Crippen molar-refractivity contribution in [3.8, 4) is 0 Å². The lowest BCUT2D eigenvalue weighted by Crippen LogP contribution is -2.36. The first-order valence-corrected chi connectivity index (χ1v) is 7.87. The lowest BCUT2D eigenvalue weighted by atomic mass is 10.1. The molecule has 0 radical (unpaired) electrons. The zero-order valence-corrected chi connectivity index (χ0v) is 13.5. The Balaban J connectivity index is 1.93. The quantitative estimate of drug-likeness (QED) is 0.802. The zero-order valence-electron chi connectivity index (χ0n) is 13.5. The number of hydrogen-bond donors (Lipinski definition) is 1. The third-order valence-corrected chi connectivity index (χ3v) is 3.86. The number of anilines is 1. The van der Waals surface area contributed by atoms with Crippen LogP contribution in [-0.2, 0) is 25.5 Å². The molecular weight excluding hydrogens is 296 g/mol. The van der Waals surface area contributed by atoms with E-state index in [1.807, 2.05) is 24.3 Å². The number of ether oxygens (including phenoxy) is 1. The minimum atomic E-state index is -0.475. The Bertz CT molecular complexity index is 583. The van der Waals surface area contributed by atoms with Gasteiger partial charge in [-0.2, -0.15) is 0 Å². The van der Waals surface area contributed by atoms with E-state index in [0.29, 0.717) is 6.54 Å². The number of rotatable bonds is 6. The van der Waals surface area contributed by atoms with Crippen molar-refractivity contribution in [2.75, 3.05) is 24.6 Å². The Morgan fingerprint density at radius 2 is 1.96 bits per heavy atom. The second-order valence-corrected chi connectivity index (χ2v) is 5.45. The first-order chi connectivity index (χ1) is 11.0. The highest BCUT2D eigenvalue weighted by Gasteiger charge is 2.35. The predicted octanol–water partition coefficient (Wildman–Crippen LogP) is 1.28. The zero-order chi connectivity index (χ0) is 16.8. The van der Waals surface area contributed by atoms with Crippen LogP contribution in [0.5, 0.6) is 0 Å². The van der Waals surface area contributed by atoms with Crippen LogP contribution in [0, 0.1) is 5.92 Å². The normalized spacial score (nSPS) is 17.2. The molecule has 1 aliphatic rings. The lowest BCUT2D eigenvalue weighted by molar-refractivity contribution is -0.143. The van der Waals surface area contributed by atoms with Crippen molar-refractivity contribution >= 4 is 23.5 Å². The first kappa shape index (κ1) is 17.0. The molecule has 0 unspecified atom stereocenters. The molecule has 1 aromatic rings. The molecule has 1 aromatic carbocycles. The maximum absolute atomic E-state index is 12.1. The van der Waals surface area contributed by atoms with Crippen molar-refractivity contribution in [1.82, 2.24) is 5.32 Å². The summed E-state index contributed by atoms with van der Waals surface area (Å²) in [6.07, 6.45) is 1.09. The molecule has 0 aliphatic carbocycles. The summed E-state index contributed by atoms with van der Waals surface area (Å²) in [5.41, 5.74) is 2.00. The standard InChI is InChI=1S/C17H22N2O4/c1-3-12-5-7-14(8-6-12)19-11-13(9-15(19)20)17(22)18-10-16(21)23-4-2/h5-8,13H,3-4,9-11H2,1-2H3,(H,18,22)/t13-/m1/s1. The molecule has 1 atom stereocenters. The molecule has 0 saturated carbocycles. The van der Waals surface area contributed by atoms with Gasteiger partial charge < -0.3 is 15.0 Å². The largest absolute Gasteiger partial charge is 0.465 e. The van der Waals surface area contributed by atoms with Crippen LogP contribution in [0.25, 0.3) is 0 Å². The van der Waals surface area contributed by atoms with Crippen LogP contribution in [0.1, 0.15) is 25.8 Å². The van der Waals surface area contributed by atoms with E-state index in [-0.39, 0.29) is 31.4 Å². The number of nitrogens with zero attached hydrogens (tertiary/aromatic N) is 1. The average Bonchev–Trinajstić information content (AvgIpc) is 2.95. The van der Waals surface area contributed by atoms with Gasteiger partial charge in [0, 0.05) is 18.7 Å². The Morgan fingerprint density at radius 1 is 1.26 bits per heavy atom. The summed E-state index contributed by atoms with van der Waals surface area (Å²) in [6.45, 7) is 4.22. The summed E-state index contributed by atoms with van der Waals surface area (Å²) >= 11 is 0. The molecule has 0 bridgehead atoms. The summed E-state index contributed by atoms with van der Waals surface area (Å²) in [6, 6.07) is 7.76. The van der Waals surface area contributed by atoms with Crippen molar-refractivity contribution in [1.29, 1.82) is 0 Å². The van der Waals surface area contributed by atoms with Crippen LogP contribution in [0.2, 0.25) is 0 Å². The van der Waals surface area contributed by atoms with Crippen molar-refractivity contribution in [2.24, 2.45) is 5.92 Å². The van der Waals surface area contributed by atoms with Crippen molar-refractivity contribution < 1.29 is 19.1 Å². The number of aryl methyl sites for hydroxylation is 1. The SMILES string of the molecule is CCOC(=O)CNC(=O)[C@@H]1CC(=O)N(c2ccc(CC)cc2)C1. The molecule has 6 heteroatoms. The van der Waals surface area contributed by atoms with Gasteiger partial charge >= 0.3 is 5.97 Å². The number of hydrogen-bond acceptors (Lipinski definition) is 4. The Morgan fingerprint density at radius 3 is 2.57 bits per heavy atom. The molecule has 1 N–H and O–H groups in total. The molecule has 23 heavy (non-hydrogen) atoms. The third kappa shape index (κ3) is 4.31. The van der Waals surface area contributed by atoms with Crippen LogP contribution in [0.4, 0.5) is 5.69 Å². The van der Waals surface area contributed by atoms with Gasteiger partial charge in [-0.1, -0.05) is 19.1 Å². The molecular formula is C17H22N2O4. The number of nitrogens with one attached hydrogen (secondary N) is 1. The van der Waals surface area contributed by atoms with Gasteiger partial charge in [-0.15, -0.1) is 0 Å². The molecule has 1 heterocycles. The Hall–Kier alpha value is -2.37. The van der Waals surface area contributed by atoms with Crippen LogP contribution >= 0.6 is 0 Å². The summed E-state index contributed by atoms with van der Waals surface area (Å²) in [4.78, 5) is 37.1. The number of benzene rings is 1. The van der Waals surface area contributed by atoms with Crippen molar-refractivity contribution in [3.63, 3.8) is 0 Å². The fourth-order valence-corrected chi connectivity index (χ4v) is 2.56. The lowest BCUT2D eigenvalue weighted by Gasteiger charge is -2.17. The fourth-order valence-electron chi connectivity index (χ4n) is 2.56. The maximum Gasteiger partial charge on any atom is 0.325 e. The highest BCUT2D eigenvalue weighted by atomic mass is 16.5. The summed E-state index contributed by atoms with van der Waals surface area (Å²) in [7, 11) is 0. The van der Waals surface area contributed by atoms with Crippen molar-refractivity contribution in [3.05, 3.63) is 29.8 Å².